The first-order valence-electron chi connectivity index (χ1n) is 7.07. The van der Waals surface area contributed by atoms with Crippen LogP contribution in [0.1, 0.15) is 31.1 Å². The number of halogens is 1. The fourth-order valence-corrected chi connectivity index (χ4v) is 3.45. The molecule has 3 rings (SSSR count). The van der Waals surface area contributed by atoms with Gasteiger partial charge in [-0.15, -0.1) is 0 Å². The average Bonchev–Trinajstić information content (AvgIpc) is 3.15. The molecule has 2 unspecified atom stereocenters. The van der Waals surface area contributed by atoms with Crippen molar-refractivity contribution >= 4 is 15.9 Å². The van der Waals surface area contributed by atoms with Crippen molar-refractivity contribution in [2.45, 2.75) is 31.2 Å². The lowest BCUT2D eigenvalue weighted by Crippen LogP contribution is -2.27. The first-order valence-corrected chi connectivity index (χ1v) is 7.87. The van der Waals surface area contributed by atoms with Crippen LogP contribution in [0.15, 0.2) is 27.2 Å². The average molecular weight is 352 g/mol. The van der Waals surface area contributed by atoms with Gasteiger partial charge in [0.2, 0.25) is 11.7 Å². The zero-order valence-electron chi connectivity index (χ0n) is 12.1. The fourth-order valence-electron chi connectivity index (χ4n) is 2.91. The predicted octanol–water partition coefficient (Wildman–Crippen LogP) is 3.36. The molecule has 0 bridgehead atoms. The zero-order valence-corrected chi connectivity index (χ0v) is 13.7. The minimum absolute atomic E-state index is 0.318. The van der Waals surface area contributed by atoms with E-state index in [4.69, 9.17) is 9.26 Å². The van der Waals surface area contributed by atoms with Gasteiger partial charge < -0.3 is 14.6 Å². The molecular formula is C15H18BrN3O2. The Balaban J connectivity index is 1.86. The van der Waals surface area contributed by atoms with E-state index in [1.165, 1.54) is 6.42 Å². The highest BCUT2D eigenvalue weighted by Gasteiger charge is 2.31. The second kappa shape index (κ2) is 6.15. The summed E-state index contributed by atoms with van der Waals surface area (Å²) in [5.41, 5.74) is 0.914. The van der Waals surface area contributed by atoms with Gasteiger partial charge in [0.05, 0.1) is 17.5 Å². The highest BCUT2D eigenvalue weighted by atomic mass is 79.9. The number of hydrogen-bond acceptors (Lipinski definition) is 5. The van der Waals surface area contributed by atoms with Gasteiger partial charge in [-0.3, -0.25) is 0 Å². The van der Waals surface area contributed by atoms with E-state index in [2.05, 4.69) is 31.4 Å². The summed E-state index contributed by atoms with van der Waals surface area (Å²) in [4.78, 5) is 4.58. The molecule has 1 saturated carbocycles. The molecule has 5 nitrogen and oxygen atoms in total. The highest BCUT2D eigenvalue weighted by molar-refractivity contribution is 9.10. The van der Waals surface area contributed by atoms with E-state index in [0.717, 1.165) is 34.5 Å². The predicted molar refractivity (Wildman–Crippen MR) is 83.4 cm³/mol. The molecule has 1 aliphatic carbocycles. The van der Waals surface area contributed by atoms with E-state index in [0.29, 0.717) is 17.8 Å². The monoisotopic (exact) mass is 351 g/mol. The van der Waals surface area contributed by atoms with Gasteiger partial charge in [-0.1, -0.05) is 11.6 Å². The van der Waals surface area contributed by atoms with Crippen molar-refractivity contribution in [3.05, 3.63) is 28.6 Å². The van der Waals surface area contributed by atoms with E-state index >= 15 is 0 Å². The van der Waals surface area contributed by atoms with Crippen LogP contribution in [0, 0.1) is 0 Å². The van der Waals surface area contributed by atoms with Gasteiger partial charge in [0.25, 0.3) is 0 Å². The van der Waals surface area contributed by atoms with Crippen LogP contribution in [0.2, 0.25) is 0 Å². The fraction of sp³-hybridized carbons (Fsp3) is 0.467. The molecule has 1 aliphatic rings. The summed E-state index contributed by atoms with van der Waals surface area (Å²) >= 11 is 3.48. The number of methoxy groups -OCH3 is 1. The van der Waals surface area contributed by atoms with E-state index in [1.807, 2.05) is 25.2 Å². The maximum absolute atomic E-state index is 5.48. The number of aromatic nitrogens is 2. The molecule has 1 aromatic heterocycles. The zero-order chi connectivity index (χ0) is 14.8. The Labute approximate surface area is 132 Å². The highest BCUT2D eigenvalue weighted by Crippen LogP contribution is 2.35. The third-order valence-electron chi connectivity index (χ3n) is 4.06. The number of benzene rings is 1. The lowest BCUT2D eigenvalue weighted by molar-refractivity contribution is 0.335. The Bertz CT molecular complexity index is 629. The third kappa shape index (κ3) is 2.82. The third-order valence-corrected chi connectivity index (χ3v) is 4.68. The van der Waals surface area contributed by atoms with Crippen molar-refractivity contribution in [3.63, 3.8) is 0 Å². The molecule has 21 heavy (non-hydrogen) atoms. The smallest absolute Gasteiger partial charge is 0.231 e. The van der Waals surface area contributed by atoms with Gasteiger partial charge >= 0.3 is 0 Å². The van der Waals surface area contributed by atoms with Gasteiger partial charge in [-0.05, 0) is 54.0 Å². The second-order valence-corrected chi connectivity index (χ2v) is 6.09. The summed E-state index contributed by atoms with van der Waals surface area (Å²) in [5, 5.41) is 7.45. The molecule has 2 aromatic rings. The SMILES string of the molecule is CNC1CCCC1c1nc(-c2ccc(OC)c(Br)c2)no1. The van der Waals surface area contributed by atoms with Crippen molar-refractivity contribution in [3.8, 4) is 17.1 Å². The van der Waals surface area contributed by atoms with E-state index in [9.17, 15) is 0 Å². The lowest BCUT2D eigenvalue weighted by atomic mass is 10.0. The first-order chi connectivity index (χ1) is 10.2. The first kappa shape index (κ1) is 14.5. The Morgan fingerprint density at radius 1 is 1.38 bits per heavy atom. The Kier molecular flexibility index (Phi) is 4.26. The van der Waals surface area contributed by atoms with Crippen LogP contribution >= 0.6 is 15.9 Å². The van der Waals surface area contributed by atoms with Crippen molar-refractivity contribution in [2.75, 3.05) is 14.2 Å². The summed E-state index contributed by atoms with van der Waals surface area (Å²) in [7, 11) is 3.63. The van der Waals surface area contributed by atoms with Gasteiger partial charge in [0, 0.05) is 11.6 Å². The molecule has 0 aliphatic heterocycles. The molecule has 0 radical (unpaired) electrons. The second-order valence-electron chi connectivity index (χ2n) is 5.24. The number of rotatable bonds is 4. The summed E-state index contributed by atoms with van der Waals surface area (Å²) < 4.78 is 11.6. The molecule has 1 heterocycles. The largest absolute Gasteiger partial charge is 0.496 e. The molecule has 112 valence electrons. The van der Waals surface area contributed by atoms with Crippen LogP contribution in [0.5, 0.6) is 5.75 Å². The van der Waals surface area contributed by atoms with Crippen LogP contribution in [-0.4, -0.2) is 30.3 Å². The number of nitrogens with zero attached hydrogens (tertiary/aromatic N) is 2. The van der Waals surface area contributed by atoms with Crippen molar-refractivity contribution in [1.82, 2.24) is 15.5 Å². The Morgan fingerprint density at radius 2 is 2.24 bits per heavy atom. The van der Waals surface area contributed by atoms with E-state index in [-0.39, 0.29) is 0 Å². The summed E-state index contributed by atoms with van der Waals surface area (Å²) in [6.45, 7) is 0. The number of ether oxygens (including phenoxy) is 1. The van der Waals surface area contributed by atoms with Crippen LogP contribution in [-0.2, 0) is 0 Å². The standard InChI is InChI=1S/C15H18BrN3O2/c1-17-12-5-3-4-10(12)15-18-14(19-21-15)9-6-7-13(20-2)11(16)8-9/h6-8,10,12,17H,3-5H2,1-2H3. The van der Waals surface area contributed by atoms with Crippen molar-refractivity contribution < 1.29 is 9.26 Å². The molecule has 2 atom stereocenters. The number of hydrogen-bond donors (Lipinski definition) is 1. The minimum Gasteiger partial charge on any atom is -0.496 e. The number of nitrogens with one attached hydrogen (secondary N) is 1. The molecule has 1 aromatic carbocycles. The topological polar surface area (TPSA) is 60.2 Å². The summed E-state index contributed by atoms with van der Waals surface area (Å²) in [6, 6.07) is 6.20. The van der Waals surface area contributed by atoms with Gasteiger partial charge in [0.15, 0.2) is 0 Å². The van der Waals surface area contributed by atoms with Crippen LogP contribution in [0.25, 0.3) is 11.4 Å². The maximum Gasteiger partial charge on any atom is 0.231 e. The normalized spacial score (nSPS) is 21.7. The van der Waals surface area contributed by atoms with Crippen LogP contribution < -0.4 is 10.1 Å². The quantitative estimate of drug-likeness (QED) is 0.914. The van der Waals surface area contributed by atoms with Crippen molar-refractivity contribution in [2.24, 2.45) is 0 Å². The van der Waals surface area contributed by atoms with Crippen molar-refractivity contribution in [1.29, 1.82) is 0 Å². The summed E-state index contributed by atoms with van der Waals surface area (Å²) in [5.74, 6) is 2.45. The molecule has 0 amide bonds. The maximum atomic E-state index is 5.48. The summed E-state index contributed by atoms with van der Waals surface area (Å²) in [6.07, 6.45) is 3.45. The van der Waals surface area contributed by atoms with Gasteiger partial charge in [-0.2, -0.15) is 4.98 Å². The van der Waals surface area contributed by atoms with Crippen LogP contribution in [0.3, 0.4) is 0 Å². The number of likely N-dealkylation sites (N-methyl/N-ethyl adjacent to an activating group) is 1. The molecule has 0 saturated heterocycles. The Hall–Kier alpha value is -1.40. The molecule has 1 N–H and O–H groups in total. The Morgan fingerprint density at radius 3 is 2.95 bits per heavy atom. The molecule has 1 fully saturated rings. The van der Waals surface area contributed by atoms with Gasteiger partial charge in [-0.25, -0.2) is 0 Å². The van der Waals surface area contributed by atoms with E-state index < -0.39 is 0 Å². The molecular weight excluding hydrogens is 334 g/mol. The minimum atomic E-state index is 0.318. The lowest BCUT2D eigenvalue weighted by Gasteiger charge is -2.14. The molecule has 6 heteroatoms. The molecule has 0 spiro atoms. The van der Waals surface area contributed by atoms with Crippen LogP contribution in [0.4, 0.5) is 0 Å². The van der Waals surface area contributed by atoms with Gasteiger partial charge in [0.1, 0.15) is 5.75 Å². The van der Waals surface area contributed by atoms with E-state index in [1.54, 1.807) is 7.11 Å².